The summed E-state index contributed by atoms with van der Waals surface area (Å²) in [6.45, 7) is 0.440. The number of halogens is 1. The van der Waals surface area contributed by atoms with Gasteiger partial charge in [0.05, 0.1) is 0 Å². The SMILES string of the molecule is Fc1ccc(COc2cccc3s[c]cc23)cc1. The lowest BCUT2D eigenvalue weighted by atomic mass is 10.2. The van der Waals surface area contributed by atoms with Crippen molar-refractivity contribution in [1.82, 2.24) is 0 Å². The number of benzene rings is 2. The first-order chi connectivity index (χ1) is 8.83. The van der Waals surface area contributed by atoms with Crippen LogP contribution in [-0.4, -0.2) is 0 Å². The van der Waals surface area contributed by atoms with E-state index in [4.69, 9.17) is 4.74 Å². The highest BCUT2D eigenvalue weighted by Gasteiger charge is 2.03. The zero-order valence-electron chi connectivity index (χ0n) is 9.52. The molecule has 0 aliphatic rings. The van der Waals surface area contributed by atoms with Gasteiger partial charge < -0.3 is 4.74 Å². The van der Waals surface area contributed by atoms with E-state index in [1.165, 1.54) is 12.1 Å². The van der Waals surface area contributed by atoms with Crippen LogP contribution in [0.2, 0.25) is 0 Å². The molecule has 0 saturated carbocycles. The molecule has 1 radical (unpaired) electrons. The molecule has 0 fully saturated rings. The number of thiophene rings is 1. The van der Waals surface area contributed by atoms with Crippen molar-refractivity contribution in [2.45, 2.75) is 6.61 Å². The molecule has 0 aliphatic heterocycles. The molecule has 2 aromatic carbocycles. The molecule has 0 saturated heterocycles. The summed E-state index contributed by atoms with van der Waals surface area (Å²) < 4.78 is 19.7. The molecule has 89 valence electrons. The van der Waals surface area contributed by atoms with Crippen molar-refractivity contribution in [3.63, 3.8) is 0 Å². The highest BCUT2D eigenvalue weighted by Crippen LogP contribution is 2.29. The van der Waals surface area contributed by atoms with Crippen LogP contribution in [0.4, 0.5) is 4.39 Å². The monoisotopic (exact) mass is 257 g/mol. The zero-order valence-corrected chi connectivity index (χ0v) is 10.3. The molecule has 0 N–H and O–H groups in total. The molecule has 0 amide bonds. The number of rotatable bonds is 3. The number of hydrogen-bond donors (Lipinski definition) is 0. The Hall–Kier alpha value is -1.87. The molecule has 0 bridgehead atoms. The quantitative estimate of drug-likeness (QED) is 0.675. The molecule has 3 aromatic rings. The van der Waals surface area contributed by atoms with Crippen LogP contribution >= 0.6 is 11.3 Å². The summed E-state index contributed by atoms with van der Waals surface area (Å²) in [5.41, 5.74) is 0.951. The van der Waals surface area contributed by atoms with Crippen LogP contribution in [0.25, 0.3) is 10.1 Å². The van der Waals surface area contributed by atoms with E-state index in [1.807, 2.05) is 24.3 Å². The maximum absolute atomic E-state index is 12.8. The van der Waals surface area contributed by atoms with Gasteiger partial charge in [0.2, 0.25) is 0 Å². The summed E-state index contributed by atoms with van der Waals surface area (Å²) in [7, 11) is 0. The van der Waals surface area contributed by atoms with Crippen molar-refractivity contribution in [1.29, 1.82) is 0 Å². The van der Waals surface area contributed by atoms with Crippen molar-refractivity contribution < 1.29 is 9.13 Å². The topological polar surface area (TPSA) is 9.23 Å². The molecule has 1 heterocycles. The highest BCUT2D eigenvalue weighted by atomic mass is 32.1. The van der Waals surface area contributed by atoms with Gasteiger partial charge in [-0.1, -0.05) is 18.2 Å². The van der Waals surface area contributed by atoms with Gasteiger partial charge >= 0.3 is 0 Å². The van der Waals surface area contributed by atoms with E-state index in [0.29, 0.717) is 6.61 Å². The Labute approximate surface area is 108 Å². The third-order valence-electron chi connectivity index (χ3n) is 2.71. The second-order valence-electron chi connectivity index (χ2n) is 3.95. The summed E-state index contributed by atoms with van der Waals surface area (Å²) >= 11 is 1.57. The van der Waals surface area contributed by atoms with E-state index in [1.54, 1.807) is 23.5 Å². The average molecular weight is 257 g/mol. The van der Waals surface area contributed by atoms with Gasteiger partial charge in [0.15, 0.2) is 0 Å². The van der Waals surface area contributed by atoms with E-state index >= 15 is 0 Å². The fraction of sp³-hybridized carbons (Fsp3) is 0.0667. The first kappa shape index (κ1) is 11.2. The zero-order chi connectivity index (χ0) is 12.4. The number of fused-ring (bicyclic) bond motifs is 1. The second-order valence-corrected chi connectivity index (χ2v) is 4.83. The molecule has 1 aromatic heterocycles. The van der Waals surface area contributed by atoms with Gasteiger partial charge in [0, 0.05) is 15.5 Å². The summed E-state index contributed by atoms with van der Waals surface area (Å²) in [5.74, 6) is 0.614. The van der Waals surface area contributed by atoms with Gasteiger partial charge in [0.25, 0.3) is 0 Å². The van der Waals surface area contributed by atoms with E-state index in [9.17, 15) is 4.39 Å². The lowest BCUT2D eigenvalue weighted by Gasteiger charge is -2.07. The van der Waals surface area contributed by atoms with Crippen LogP contribution in [0.3, 0.4) is 0 Å². The highest BCUT2D eigenvalue weighted by molar-refractivity contribution is 7.16. The van der Waals surface area contributed by atoms with Gasteiger partial charge in [-0.05, 0) is 35.9 Å². The minimum absolute atomic E-state index is 0.228. The summed E-state index contributed by atoms with van der Waals surface area (Å²) in [5, 5.41) is 4.17. The Balaban J connectivity index is 1.80. The van der Waals surface area contributed by atoms with Crippen LogP contribution in [0, 0.1) is 11.2 Å². The Morgan fingerprint density at radius 3 is 2.78 bits per heavy atom. The smallest absolute Gasteiger partial charge is 0.128 e. The van der Waals surface area contributed by atoms with Crippen LogP contribution in [-0.2, 0) is 6.61 Å². The van der Waals surface area contributed by atoms with Crippen molar-refractivity contribution >= 4 is 21.4 Å². The molecule has 0 unspecified atom stereocenters. The third-order valence-corrected chi connectivity index (χ3v) is 3.52. The molecule has 0 atom stereocenters. The molecule has 3 rings (SSSR count). The van der Waals surface area contributed by atoms with Crippen molar-refractivity contribution in [2.75, 3.05) is 0 Å². The molecule has 18 heavy (non-hydrogen) atoms. The fourth-order valence-corrected chi connectivity index (χ4v) is 2.49. The summed E-state index contributed by atoms with van der Waals surface area (Å²) in [6.07, 6.45) is 0. The Morgan fingerprint density at radius 1 is 1.11 bits per heavy atom. The van der Waals surface area contributed by atoms with Crippen LogP contribution < -0.4 is 4.74 Å². The van der Waals surface area contributed by atoms with E-state index in [2.05, 4.69) is 5.38 Å². The van der Waals surface area contributed by atoms with E-state index in [0.717, 1.165) is 21.4 Å². The lowest BCUT2D eigenvalue weighted by molar-refractivity contribution is 0.310. The second kappa shape index (κ2) is 4.78. The molecular weight excluding hydrogens is 247 g/mol. The number of ether oxygens (including phenoxy) is 1. The summed E-state index contributed by atoms with van der Waals surface area (Å²) in [4.78, 5) is 0. The van der Waals surface area contributed by atoms with Gasteiger partial charge in [-0.2, -0.15) is 0 Å². The summed E-state index contributed by atoms with van der Waals surface area (Å²) in [6, 6.07) is 14.2. The standard InChI is InChI=1S/C15H10FOS/c16-12-6-4-11(5-7-12)10-17-14-2-1-3-15-13(14)8-9-18-15/h1-8H,10H2. The predicted octanol–water partition coefficient (Wildman–Crippen LogP) is 4.42. The maximum atomic E-state index is 12.8. The Kier molecular flexibility index (Phi) is 2.99. The van der Waals surface area contributed by atoms with Crippen LogP contribution in [0.15, 0.2) is 48.5 Å². The Morgan fingerprint density at radius 2 is 1.94 bits per heavy atom. The predicted molar refractivity (Wildman–Crippen MR) is 71.4 cm³/mol. The largest absolute Gasteiger partial charge is 0.488 e. The van der Waals surface area contributed by atoms with Crippen molar-refractivity contribution in [2.24, 2.45) is 0 Å². The van der Waals surface area contributed by atoms with E-state index in [-0.39, 0.29) is 5.82 Å². The first-order valence-electron chi connectivity index (χ1n) is 5.59. The van der Waals surface area contributed by atoms with Crippen LogP contribution in [0.5, 0.6) is 5.75 Å². The minimum atomic E-state index is -0.228. The van der Waals surface area contributed by atoms with E-state index < -0.39 is 0 Å². The van der Waals surface area contributed by atoms with Gasteiger partial charge in [0.1, 0.15) is 18.2 Å². The normalized spacial score (nSPS) is 10.7. The lowest BCUT2D eigenvalue weighted by Crippen LogP contribution is -1.95. The van der Waals surface area contributed by atoms with Crippen molar-refractivity contribution in [3.05, 3.63) is 65.3 Å². The van der Waals surface area contributed by atoms with Gasteiger partial charge in [-0.3, -0.25) is 0 Å². The maximum Gasteiger partial charge on any atom is 0.128 e. The number of hydrogen-bond acceptors (Lipinski definition) is 2. The molecule has 3 heteroatoms. The third kappa shape index (κ3) is 2.22. The molecule has 0 aliphatic carbocycles. The first-order valence-corrected chi connectivity index (χ1v) is 6.40. The van der Waals surface area contributed by atoms with Gasteiger partial charge in [-0.25, -0.2) is 4.39 Å². The van der Waals surface area contributed by atoms with Gasteiger partial charge in [-0.15, -0.1) is 11.3 Å². The Bertz CT molecular complexity index is 658. The fourth-order valence-electron chi connectivity index (χ4n) is 1.77. The molecular formula is C15H10FOS. The molecule has 0 spiro atoms. The van der Waals surface area contributed by atoms with Crippen LogP contribution in [0.1, 0.15) is 5.56 Å². The van der Waals surface area contributed by atoms with Crippen molar-refractivity contribution in [3.8, 4) is 5.75 Å². The average Bonchev–Trinajstić information content (AvgIpc) is 2.87. The molecule has 1 nitrogen and oxygen atoms in total. The minimum Gasteiger partial charge on any atom is -0.488 e.